The van der Waals surface area contributed by atoms with Crippen LogP contribution in [0.5, 0.6) is 0 Å². The lowest BCUT2D eigenvalue weighted by Gasteiger charge is -2.08. The normalized spacial score (nSPS) is 11.3. The smallest absolute Gasteiger partial charge is 0.131 e. The Bertz CT molecular complexity index is 600. The van der Waals surface area contributed by atoms with Gasteiger partial charge in [-0.2, -0.15) is 0 Å². The van der Waals surface area contributed by atoms with Crippen LogP contribution in [-0.4, -0.2) is 9.55 Å². The molecule has 102 valence electrons. The third kappa shape index (κ3) is 2.35. The Morgan fingerprint density at radius 3 is 2.53 bits per heavy atom. The molecular formula is C15H20FN3. The number of anilines is 1. The minimum atomic E-state index is -0.228. The van der Waals surface area contributed by atoms with E-state index >= 15 is 0 Å². The Morgan fingerprint density at radius 2 is 2.05 bits per heavy atom. The molecule has 0 saturated heterocycles. The average Bonchev–Trinajstić information content (AvgIpc) is 2.70. The quantitative estimate of drug-likeness (QED) is 0.915. The van der Waals surface area contributed by atoms with Gasteiger partial charge in [0.15, 0.2) is 0 Å². The topological polar surface area (TPSA) is 43.8 Å². The lowest BCUT2D eigenvalue weighted by Crippen LogP contribution is -2.06. The number of imidazole rings is 1. The zero-order chi connectivity index (χ0) is 14.2. The highest BCUT2D eigenvalue weighted by Gasteiger charge is 2.17. The molecule has 0 bridgehead atoms. The van der Waals surface area contributed by atoms with E-state index in [9.17, 15) is 4.39 Å². The van der Waals surface area contributed by atoms with Crippen molar-refractivity contribution < 1.29 is 4.39 Å². The molecule has 1 heterocycles. The maximum Gasteiger partial charge on any atom is 0.131 e. The molecule has 0 amide bonds. The molecule has 0 radical (unpaired) electrons. The fraction of sp³-hybridized carbons (Fsp3) is 0.400. The summed E-state index contributed by atoms with van der Waals surface area (Å²) in [5.74, 6) is 1.60. The van der Waals surface area contributed by atoms with Crippen molar-refractivity contribution in [2.75, 3.05) is 5.73 Å². The van der Waals surface area contributed by atoms with E-state index in [1.165, 1.54) is 6.07 Å². The number of halogens is 1. The van der Waals surface area contributed by atoms with E-state index in [0.717, 1.165) is 17.9 Å². The highest BCUT2D eigenvalue weighted by atomic mass is 19.1. The van der Waals surface area contributed by atoms with Crippen LogP contribution in [0.25, 0.3) is 11.3 Å². The molecule has 0 saturated carbocycles. The van der Waals surface area contributed by atoms with Crippen molar-refractivity contribution in [1.29, 1.82) is 0 Å². The molecule has 2 rings (SSSR count). The summed E-state index contributed by atoms with van der Waals surface area (Å²) in [7, 11) is 0. The van der Waals surface area contributed by atoms with Gasteiger partial charge < -0.3 is 10.3 Å². The van der Waals surface area contributed by atoms with Crippen LogP contribution in [0, 0.1) is 12.7 Å². The zero-order valence-electron chi connectivity index (χ0n) is 11.9. The highest BCUT2D eigenvalue weighted by molar-refractivity contribution is 5.71. The molecule has 0 aliphatic carbocycles. The van der Waals surface area contributed by atoms with Crippen LogP contribution in [-0.2, 0) is 6.54 Å². The molecule has 0 spiro atoms. The van der Waals surface area contributed by atoms with Gasteiger partial charge in [0.2, 0.25) is 0 Å². The first-order valence-electron chi connectivity index (χ1n) is 6.58. The first-order chi connectivity index (χ1) is 8.95. The monoisotopic (exact) mass is 261 g/mol. The summed E-state index contributed by atoms with van der Waals surface area (Å²) in [5.41, 5.74) is 8.18. The summed E-state index contributed by atoms with van der Waals surface area (Å²) in [4.78, 5) is 4.59. The van der Waals surface area contributed by atoms with E-state index < -0.39 is 0 Å². The van der Waals surface area contributed by atoms with E-state index in [2.05, 4.69) is 18.8 Å². The largest absolute Gasteiger partial charge is 0.383 e. The summed E-state index contributed by atoms with van der Waals surface area (Å²) in [5, 5.41) is 0. The van der Waals surface area contributed by atoms with Crippen LogP contribution >= 0.6 is 0 Å². The molecule has 0 aliphatic heterocycles. The van der Waals surface area contributed by atoms with Crippen LogP contribution in [0.15, 0.2) is 18.2 Å². The van der Waals surface area contributed by atoms with Crippen molar-refractivity contribution in [2.45, 2.75) is 40.2 Å². The summed E-state index contributed by atoms with van der Waals surface area (Å²) < 4.78 is 15.7. The van der Waals surface area contributed by atoms with E-state index in [-0.39, 0.29) is 11.7 Å². The Balaban J connectivity index is 2.59. The van der Waals surface area contributed by atoms with Crippen LogP contribution < -0.4 is 5.73 Å². The third-order valence-corrected chi connectivity index (χ3v) is 3.31. The summed E-state index contributed by atoms with van der Waals surface area (Å²) in [6, 6.07) is 5.11. The number of aryl methyl sites for hydroxylation is 1. The molecular weight excluding hydrogens is 241 g/mol. The van der Waals surface area contributed by atoms with Gasteiger partial charge in [0.25, 0.3) is 0 Å². The summed E-state index contributed by atoms with van der Waals surface area (Å²) in [6.45, 7) is 8.69. The maximum absolute atomic E-state index is 13.7. The predicted molar refractivity (Wildman–Crippen MR) is 76.5 cm³/mol. The van der Waals surface area contributed by atoms with Gasteiger partial charge in [-0.3, -0.25) is 0 Å². The Kier molecular flexibility index (Phi) is 3.60. The number of nitrogens with zero attached hydrogens (tertiary/aromatic N) is 2. The minimum absolute atomic E-state index is 0.228. The van der Waals surface area contributed by atoms with Crippen molar-refractivity contribution in [3.05, 3.63) is 35.4 Å². The SMILES string of the molecule is CCn1c(C(C)C)nc(-c2ccc(C)c(F)c2)c1N. The number of nitrogen functional groups attached to an aromatic ring is 1. The molecule has 4 heteroatoms. The number of aromatic nitrogens is 2. The second-order valence-electron chi connectivity index (χ2n) is 5.07. The second kappa shape index (κ2) is 5.03. The van der Waals surface area contributed by atoms with Crippen LogP contribution in [0.1, 0.15) is 38.1 Å². The van der Waals surface area contributed by atoms with Crippen LogP contribution in [0.4, 0.5) is 10.2 Å². The molecule has 2 N–H and O–H groups in total. The molecule has 19 heavy (non-hydrogen) atoms. The Labute approximate surface area is 113 Å². The first kappa shape index (κ1) is 13.6. The number of hydrogen-bond acceptors (Lipinski definition) is 2. The minimum Gasteiger partial charge on any atom is -0.383 e. The molecule has 0 aliphatic rings. The molecule has 3 nitrogen and oxygen atoms in total. The van der Waals surface area contributed by atoms with E-state index in [1.807, 2.05) is 17.6 Å². The standard InChI is InChI=1S/C15H20FN3/c1-5-19-14(17)13(18-15(19)9(2)3)11-7-6-10(4)12(16)8-11/h6-9H,5,17H2,1-4H3. The molecule has 1 aromatic carbocycles. The van der Waals surface area contributed by atoms with Gasteiger partial charge in [-0.05, 0) is 25.5 Å². The second-order valence-corrected chi connectivity index (χ2v) is 5.07. The summed E-state index contributed by atoms with van der Waals surface area (Å²) in [6.07, 6.45) is 0. The Hall–Kier alpha value is -1.84. The first-order valence-corrected chi connectivity index (χ1v) is 6.58. The Morgan fingerprint density at radius 1 is 1.37 bits per heavy atom. The van der Waals surface area contributed by atoms with Gasteiger partial charge in [-0.1, -0.05) is 26.0 Å². The fourth-order valence-electron chi connectivity index (χ4n) is 2.21. The highest BCUT2D eigenvalue weighted by Crippen LogP contribution is 2.30. The molecule has 0 fully saturated rings. The number of rotatable bonds is 3. The van der Waals surface area contributed by atoms with Crippen molar-refractivity contribution in [1.82, 2.24) is 9.55 Å². The maximum atomic E-state index is 13.7. The van der Waals surface area contributed by atoms with Crippen molar-refractivity contribution in [3.8, 4) is 11.3 Å². The van der Waals surface area contributed by atoms with Crippen molar-refractivity contribution >= 4 is 5.82 Å². The van der Waals surface area contributed by atoms with Gasteiger partial charge in [0.1, 0.15) is 23.2 Å². The number of benzene rings is 1. The van der Waals surface area contributed by atoms with Crippen molar-refractivity contribution in [3.63, 3.8) is 0 Å². The molecule has 0 unspecified atom stereocenters. The van der Waals surface area contributed by atoms with Gasteiger partial charge in [-0.15, -0.1) is 0 Å². The average molecular weight is 261 g/mol. The lowest BCUT2D eigenvalue weighted by atomic mass is 10.1. The van der Waals surface area contributed by atoms with Crippen LogP contribution in [0.3, 0.4) is 0 Å². The van der Waals surface area contributed by atoms with E-state index in [0.29, 0.717) is 17.1 Å². The van der Waals surface area contributed by atoms with Gasteiger partial charge >= 0.3 is 0 Å². The molecule has 0 atom stereocenters. The summed E-state index contributed by atoms with van der Waals surface area (Å²) >= 11 is 0. The third-order valence-electron chi connectivity index (χ3n) is 3.31. The van der Waals surface area contributed by atoms with E-state index in [1.54, 1.807) is 13.0 Å². The van der Waals surface area contributed by atoms with Crippen LogP contribution in [0.2, 0.25) is 0 Å². The number of hydrogen-bond donors (Lipinski definition) is 1. The molecule has 2 aromatic rings. The van der Waals surface area contributed by atoms with Gasteiger partial charge in [0.05, 0.1) is 0 Å². The zero-order valence-corrected chi connectivity index (χ0v) is 11.9. The van der Waals surface area contributed by atoms with Gasteiger partial charge in [0, 0.05) is 18.0 Å². The number of nitrogens with two attached hydrogens (primary N) is 1. The fourth-order valence-corrected chi connectivity index (χ4v) is 2.21. The van der Waals surface area contributed by atoms with Gasteiger partial charge in [-0.25, -0.2) is 9.37 Å². The van der Waals surface area contributed by atoms with E-state index in [4.69, 9.17) is 5.73 Å². The lowest BCUT2D eigenvalue weighted by molar-refractivity contribution is 0.619. The van der Waals surface area contributed by atoms with Crippen molar-refractivity contribution in [2.24, 2.45) is 0 Å². The predicted octanol–water partition coefficient (Wildman–Crippen LogP) is 3.72. The molecule has 1 aromatic heterocycles.